The van der Waals surface area contributed by atoms with Crippen LogP contribution in [-0.4, -0.2) is 21.3 Å². The first-order valence-corrected chi connectivity index (χ1v) is 4.44. The Balaban J connectivity index is 2.38. The highest BCUT2D eigenvalue weighted by molar-refractivity contribution is 5.20. The predicted molar refractivity (Wildman–Crippen MR) is 46.0 cm³/mol. The molecule has 1 atom stereocenters. The molecular formula is C9H14N2O. The van der Waals surface area contributed by atoms with Gasteiger partial charge in [-0.3, -0.25) is 0 Å². The molecule has 0 spiro atoms. The van der Waals surface area contributed by atoms with Crippen LogP contribution in [0.3, 0.4) is 0 Å². The van der Waals surface area contributed by atoms with Crippen LogP contribution in [0.15, 0.2) is 6.33 Å². The minimum Gasteiger partial charge on any atom is -0.396 e. The molecule has 1 N–H and O–H groups in total. The Morgan fingerprint density at radius 3 is 3.33 bits per heavy atom. The summed E-state index contributed by atoms with van der Waals surface area (Å²) in [6.45, 7) is 0.240. The molecule has 1 aromatic rings. The zero-order valence-electron chi connectivity index (χ0n) is 7.32. The molecule has 1 heterocycles. The van der Waals surface area contributed by atoms with Crippen LogP contribution in [0.4, 0.5) is 0 Å². The lowest BCUT2D eigenvalue weighted by Gasteiger charge is -2.19. The molecule has 0 radical (unpaired) electrons. The Labute approximate surface area is 72.0 Å². The second-order valence-electron chi connectivity index (χ2n) is 3.46. The first-order chi connectivity index (χ1) is 5.83. The number of rotatable bonds is 1. The van der Waals surface area contributed by atoms with Gasteiger partial charge in [-0.1, -0.05) is 0 Å². The Morgan fingerprint density at radius 1 is 1.75 bits per heavy atom. The highest BCUT2D eigenvalue weighted by atomic mass is 16.3. The van der Waals surface area contributed by atoms with Gasteiger partial charge in [-0.05, 0) is 19.3 Å². The lowest BCUT2D eigenvalue weighted by atomic mass is 9.90. The van der Waals surface area contributed by atoms with Gasteiger partial charge in [0.2, 0.25) is 0 Å². The number of aryl methyl sites for hydroxylation is 1. The van der Waals surface area contributed by atoms with Crippen molar-refractivity contribution in [1.82, 2.24) is 9.55 Å². The SMILES string of the molecule is Cn1cnc2c1CCCC2CO. The normalized spacial score (nSPS) is 22.3. The Hall–Kier alpha value is -0.830. The second kappa shape index (κ2) is 2.90. The molecule has 0 aliphatic heterocycles. The molecule has 0 aromatic carbocycles. The molecule has 12 heavy (non-hydrogen) atoms. The molecule has 66 valence electrons. The van der Waals surface area contributed by atoms with Gasteiger partial charge in [-0.2, -0.15) is 0 Å². The minimum absolute atomic E-state index is 0.240. The summed E-state index contributed by atoms with van der Waals surface area (Å²) in [6, 6.07) is 0. The zero-order valence-corrected chi connectivity index (χ0v) is 7.32. The molecule has 0 amide bonds. The summed E-state index contributed by atoms with van der Waals surface area (Å²) < 4.78 is 2.07. The lowest BCUT2D eigenvalue weighted by Crippen LogP contribution is -2.14. The van der Waals surface area contributed by atoms with E-state index < -0.39 is 0 Å². The fourth-order valence-corrected chi connectivity index (χ4v) is 1.95. The van der Waals surface area contributed by atoms with Crippen molar-refractivity contribution in [3.8, 4) is 0 Å². The third-order valence-corrected chi connectivity index (χ3v) is 2.66. The van der Waals surface area contributed by atoms with Gasteiger partial charge in [0.15, 0.2) is 0 Å². The third kappa shape index (κ3) is 1.05. The number of aliphatic hydroxyl groups excluding tert-OH is 1. The van der Waals surface area contributed by atoms with Gasteiger partial charge < -0.3 is 9.67 Å². The van der Waals surface area contributed by atoms with Crippen molar-refractivity contribution >= 4 is 0 Å². The molecule has 0 fully saturated rings. The zero-order chi connectivity index (χ0) is 8.55. The summed E-state index contributed by atoms with van der Waals surface area (Å²) in [5, 5.41) is 9.10. The van der Waals surface area contributed by atoms with Gasteiger partial charge in [0.1, 0.15) is 0 Å². The molecule has 2 rings (SSSR count). The summed E-state index contributed by atoms with van der Waals surface area (Å²) in [4.78, 5) is 4.31. The maximum Gasteiger partial charge on any atom is 0.0949 e. The van der Waals surface area contributed by atoms with Gasteiger partial charge in [-0.25, -0.2) is 4.98 Å². The van der Waals surface area contributed by atoms with E-state index >= 15 is 0 Å². The Morgan fingerprint density at radius 2 is 2.58 bits per heavy atom. The Bertz CT molecular complexity index is 280. The highest BCUT2D eigenvalue weighted by Gasteiger charge is 2.22. The molecule has 1 unspecified atom stereocenters. The molecule has 1 aromatic heterocycles. The standard InChI is InChI=1S/C9H14N2O/c1-11-6-10-9-7(5-12)3-2-4-8(9)11/h6-7,12H,2-5H2,1H3. The van der Waals surface area contributed by atoms with Gasteiger partial charge in [0, 0.05) is 18.7 Å². The van der Waals surface area contributed by atoms with Crippen LogP contribution in [0.5, 0.6) is 0 Å². The number of fused-ring (bicyclic) bond motifs is 1. The molecular weight excluding hydrogens is 152 g/mol. The van der Waals surface area contributed by atoms with Crippen molar-refractivity contribution in [1.29, 1.82) is 0 Å². The third-order valence-electron chi connectivity index (χ3n) is 2.66. The fraction of sp³-hybridized carbons (Fsp3) is 0.667. The van der Waals surface area contributed by atoms with Gasteiger partial charge in [0.05, 0.1) is 18.6 Å². The number of imidazole rings is 1. The Kier molecular flexibility index (Phi) is 1.89. The molecule has 3 nitrogen and oxygen atoms in total. The minimum atomic E-state index is 0.240. The van der Waals surface area contributed by atoms with Crippen molar-refractivity contribution in [2.24, 2.45) is 7.05 Å². The van der Waals surface area contributed by atoms with Crippen molar-refractivity contribution < 1.29 is 5.11 Å². The van der Waals surface area contributed by atoms with E-state index in [0.717, 1.165) is 18.5 Å². The number of aliphatic hydroxyl groups is 1. The first kappa shape index (κ1) is 7.80. The number of nitrogens with zero attached hydrogens (tertiary/aromatic N) is 2. The quantitative estimate of drug-likeness (QED) is 0.671. The maximum absolute atomic E-state index is 9.10. The second-order valence-corrected chi connectivity index (χ2v) is 3.46. The summed E-state index contributed by atoms with van der Waals surface area (Å²) in [5.74, 6) is 0.287. The molecule has 3 heteroatoms. The summed E-state index contributed by atoms with van der Waals surface area (Å²) in [7, 11) is 2.02. The number of hydrogen-bond acceptors (Lipinski definition) is 2. The van der Waals surface area contributed by atoms with E-state index in [2.05, 4.69) is 9.55 Å². The average Bonchev–Trinajstić information content (AvgIpc) is 2.48. The smallest absolute Gasteiger partial charge is 0.0949 e. The fourth-order valence-electron chi connectivity index (χ4n) is 1.95. The van der Waals surface area contributed by atoms with Gasteiger partial charge in [0.25, 0.3) is 0 Å². The van der Waals surface area contributed by atoms with E-state index in [-0.39, 0.29) is 12.5 Å². The lowest BCUT2D eigenvalue weighted by molar-refractivity contribution is 0.250. The van der Waals surface area contributed by atoms with Crippen molar-refractivity contribution in [2.45, 2.75) is 25.2 Å². The molecule has 1 aliphatic rings. The topological polar surface area (TPSA) is 38.0 Å². The van der Waals surface area contributed by atoms with Crippen LogP contribution < -0.4 is 0 Å². The van der Waals surface area contributed by atoms with Crippen molar-refractivity contribution in [2.75, 3.05) is 6.61 Å². The number of hydrogen-bond donors (Lipinski definition) is 1. The highest BCUT2D eigenvalue weighted by Crippen LogP contribution is 2.29. The number of aromatic nitrogens is 2. The maximum atomic E-state index is 9.10. The van der Waals surface area contributed by atoms with Crippen molar-refractivity contribution in [3.05, 3.63) is 17.7 Å². The summed E-state index contributed by atoms with van der Waals surface area (Å²) >= 11 is 0. The van der Waals surface area contributed by atoms with E-state index in [4.69, 9.17) is 5.11 Å². The monoisotopic (exact) mass is 166 g/mol. The largest absolute Gasteiger partial charge is 0.396 e. The summed E-state index contributed by atoms with van der Waals surface area (Å²) in [6.07, 6.45) is 5.22. The van der Waals surface area contributed by atoms with E-state index in [9.17, 15) is 0 Å². The van der Waals surface area contributed by atoms with E-state index in [1.165, 1.54) is 12.1 Å². The molecule has 0 bridgehead atoms. The van der Waals surface area contributed by atoms with Crippen LogP contribution in [-0.2, 0) is 13.5 Å². The molecule has 0 saturated heterocycles. The average molecular weight is 166 g/mol. The molecule has 1 aliphatic carbocycles. The van der Waals surface area contributed by atoms with Crippen LogP contribution in [0.25, 0.3) is 0 Å². The van der Waals surface area contributed by atoms with Crippen LogP contribution in [0, 0.1) is 0 Å². The van der Waals surface area contributed by atoms with E-state index in [0.29, 0.717) is 0 Å². The predicted octanol–water partition coefficient (Wildman–Crippen LogP) is 0.832. The first-order valence-electron chi connectivity index (χ1n) is 4.44. The van der Waals surface area contributed by atoms with Crippen LogP contribution in [0.2, 0.25) is 0 Å². The van der Waals surface area contributed by atoms with Crippen molar-refractivity contribution in [3.63, 3.8) is 0 Å². The summed E-state index contributed by atoms with van der Waals surface area (Å²) in [5.41, 5.74) is 2.42. The van der Waals surface area contributed by atoms with Gasteiger partial charge in [-0.15, -0.1) is 0 Å². The van der Waals surface area contributed by atoms with Crippen LogP contribution >= 0.6 is 0 Å². The van der Waals surface area contributed by atoms with Crippen LogP contribution in [0.1, 0.15) is 30.1 Å². The van der Waals surface area contributed by atoms with Gasteiger partial charge >= 0.3 is 0 Å². The van der Waals surface area contributed by atoms with E-state index in [1.54, 1.807) is 0 Å². The van der Waals surface area contributed by atoms with E-state index in [1.807, 2.05) is 13.4 Å². The molecule has 0 saturated carbocycles.